The Morgan fingerprint density at radius 1 is 1.19 bits per heavy atom. The van der Waals surface area contributed by atoms with Crippen molar-refractivity contribution in [2.45, 2.75) is 50.7 Å². The van der Waals surface area contributed by atoms with Crippen LogP contribution in [0.4, 0.5) is 4.79 Å². The lowest BCUT2D eigenvalue weighted by Gasteiger charge is -2.28. The Hall–Kier alpha value is -1.56. The lowest BCUT2D eigenvalue weighted by molar-refractivity contribution is 0.203. The van der Waals surface area contributed by atoms with Crippen LogP contribution < -0.4 is 10.6 Å². The van der Waals surface area contributed by atoms with Crippen LogP contribution in [0.1, 0.15) is 54.0 Å². The number of benzene rings is 1. The van der Waals surface area contributed by atoms with Crippen molar-refractivity contribution in [2.24, 2.45) is 0 Å². The molecule has 26 heavy (non-hydrogen) atoms. The van der Waals surface area contributed by atoms with Crippen LogP contribution in [-0.2, 0) is 12.0 Å². The molecule has 3 rings (SSSR count). The molecule has 2 amide bonds. The molecule has 0 spiro atoms. The second kappa shape index (κ2) is 8.42. The van der Waals surface area contributed by atoms with Crippen molar-refractivity contribution in [2.75, 3.05) is 6.54 Å². The van der Waals surface area contributed by atoms with Gasteiger partial charge in [-0.15, -0.1) is 11.3 Å². The molecule has 0 unspecified atom stereocenters. The molecule has 1 saturated carbocycles. The van der Waals surface area contributed by atoms with Crippen molar-refractivity contribution in [3.05, 3.63) is 56.7 Å². The van der Waals surface area contributed by atoms with Crippen molar-refractivity contribution in [3.63, 3.8) is 0 Å². The summed E-state index contributed by atoms with van der Waals surface area (Å²) in [6.07, 6.45) is 4.06. The Morgan fingerprint density at radius 2 is 1.88 bits per heavy atom. The summed E-state index contributed by atoms with van der Waals surface area (Å²) in [5.41, 5.74) is 1.01. The molecule has 1 heterocycles. The quantitative estimate of drug-likeness (QED) is 0.663. The van der Waals surface area contributed by atoms with E-state index in [1.165, 1.54) is 17.7 Å². The third kappa shape index (κ3) is 4.58. The number of aliphatic hydroxyl groups excluding tert-OH is 1. The predicted octanol–water partition coefficient (Wildman–Crippen LogP) is 4.77. The van der Waals surface area contributed by atoms with Gasteiger partial charge in [0.1, 0.15) is 0 Å². The molecule has 1 aliphatic rings. The Kier molecular flexibility index (Phi) is 6.22. The Bertz CT molecular complexity index is 737. The van der Waals surface area contributed by atoms with Gasteiger partial charge in [-0.2, -0.15) is 0 Å². The zero-order valence-corrected chi connectivity index (χ0v) is 16.5. The van der Waals surface area contributed by atoms with Gasteiger partial charge in [0.05, 0.1) is 6.10 Å². The van der Waals surface area contributed by atoms with Crippen molar-refractivity contribution in [1.82, 2.24) is 10.6 Å². The van der Waals surface area contributed by atoms with Gasteiger partial charge in [0.15, 0.2) is 0 Å². The van der Waals surface area contributed by atoms with E-state index in [0.29, 0.717) is 18.1 Å². The van der Waals surface area contributed by atoms with Crippen molar-refractivity contribution >= 4 is 29.0 Å². The third-order valence-electron chi connectivity index (χ3n) is 5.08. The number of hydrogen-bond acceptors (Lipinski definition) is 3. The van der Waals surface area contributed by atoms with E-state index in [-0.39, 0.29) is 11.4 Å². The zero-order chi connectivity index (χ0) is 18.6. The number of carbonyl (C=O) groups is 1. The molecule has 0 bridgehead atoms. The molecule has 1 aromatic heterocycles. The summed E-state index contributed by atoms with van der Waals surface area (Å²) in [6.45, 7) is 2.89. The van der Waals surface area contributed by atoms with Crippen LogP contribution in [0.5, 0.6) is 0 Å². The summed E-state index contributed by atoms with van der Waals surface area (Å²) < 4.78 is 0. The average Bonchev–Trinajstić information content (AvgIpc) is 3.29. The molecule has 1 aliphatic carbocycles. The molecule has 0 radical (unpaired) electrons. The molecule has 4 nitrogen and oxygen atoms in total. The Morgan fingerprint density at radius 3 is 2.50 bits per heavy atom. The number of aliphatic hydroxyl groups is 1. The molecular weight excluding hydrogens is 368 g/mol. The van der Waals surface area contributed by atoms with Gasteiger partial charge >= 0.3 is 6.03 Å². The highest BCUT2D eigenvalue weighted by atomic mass is 35.5. The summed E-state index contributed by atoms with van der Waals surface area (Å²) in [5.74, 6) is 0. The van der Waals surface area contributed by atoms with Crippen molar-refractivity contribution < 1.29 is 9.90 Å². The maximum atomic E-state index is 12.2. The molecule has 0 saturated heterocycles. The summed E-state index contributed by atoms with van der Waals surface area (Å²) >= 11 is 7.54. The molecule has 0 aliphatic heterocycles. The van der Waals surface area contributed by atoms with E-state index < -0.39 is 6.10 Å². The van der Waals surface area contributed by atoms with Gasteiger partial charge in [-0.05, 0) is 49.6 Å². The van der Waals surface area contributed by atoms with Gasteiger partial charge in [0, 0.05) is 33.3 Å². The SMILES string of the molecule is C[C@H](O)c1ccc(C2(CNC(=O)NCc3ccc(Cl)cc3)CCCC2)s1. The fourth-order valence-corrected chi connectivity index (χ4v) is 4.84. The number of nitrogens with one attached hydrogen (secondary N) is 2. The van der Waals surface area contributed by atoms with Crippen molar-refractivity contribution in [3.8, 4) is 0 Å². The molecule has 1 aromatic carbocycles. The number of amides is 2. The number of carbonyl (C=O) groups excluding carboxylic acids is 1. The number of halogens is 1. The summed E-state index contributed by atoms with van der Waals surface area (Å²) in [6, 6.07) is 11.4. The first kappa shape index (κ1) is 19.2. The van der Waals surface area contributed by atoms with Gasteiger partial charge < -0.3 is 15.7 Å². The Labute approximate surface area is 163 Å². The van der Waals surface area contributed by atoms with Crippen LogP contribution in [0, 0.1) is 0 Å². The maximum absolute atomic E-state index is 12.2. The summed E-state index contributed by atoms with van der Waals surface area (Å²) in [4.78, 5) is 14.5. The standard InChI is InChI=1S/C20H25ClN2O2S/c1-14(24)17-8-9-18(26-17)20(10-2-3-11-20)13-23-19(25)22-12-15-4-6-16(21)7-5-15/h4-9,14,24H,2-3,10-13H2,1H3,(H2,22,23,25)/t14-/m0/s1. The molecule has 2 aromatic rings. The maximum Gasteiger partial charge on any atom is 0.315 e. The third-order valence-corrected chi connectivity index (χ3v) is 6.83. The number of rotatable bonds is 6. The average molecular weight is 393 g/mol. The highest BCUT2D eigenvalue weighted by Gasteiger charge is 2.37. The zero-order valence-electron chi connectivity index (χ0n) is 14.9. The Balaban J connectivity index is 1.58. The molecule has 140 valence electrons. The first-order chi connectivity index (χ1) is 12.5. The smallest absolute Gasteiger partial charge is 0.315 e. The normalized spacial score (nSPS) is 17.0. The summed E-state index contributed by atoms with van der Waals surface area (Å²) in [7, 11) is 0. The lowest BCUT2D eigenvalue weighted by Crippen LogP contribution is -2.43. The van der Waals surface area contributed by atoms with Gasteiger partial charge in [-0.1, -0.05) is 36.6 Å². The summed E-state index contributed by atoms with van der Waals surface area (Å²) in [5, 5.41) is 16.4. The number of hydrogen-bond donors (Lipinski definition) is 3. The van der Waals surface area contributed by atoms with E-state index in [4.69, 9.17) is 11.6 Å². The molecular formula is C20H25ClN2O2S. The number of thiophene rings is 1. The van der Waals surface area contributed by atoms with Crippen LogP contribution in [0.15, 0.2) is 36.4 Å². The minimum absolute atomic E-state index is 0.00454. The fourth-order valence-electron chi connectivity index (χ4n) is 3.52. The molecule has 6 heteroatoms. The van der Waals surface area contributed by atoms with E-state index in [1.807, 2.05) is 30.3 Å². The first-order valence-corrected chi connectivity index (χ1v) is 10.2. The minimum atomic E-state index is -0.442. The highest BCUT2D eigenvalue weighted by molar-refractivity contribution is 7.12. The van der Waals surface area contributed by atoms with Crippen LogP contribution in [-0.4, -0.2) is 17.7 Å². The van der Waals surface area contributed by atoms with E-state index in [1.54, 1.807) is 18.3 Å². The van der Waals surface area contributed by atoms with Gasteiger partial charge in [-0.3, -0.25) is 0 Å². The van der Waals surface area contributed by atoms with Gasteiger partial charge in [-0.25, -0.2) is 4.79 Å². The predicted molar refractivity (Wildman–Crippen MR) is 107 cm³/mol. The largest absolute Gasteiger partial charge is 0.388 e. The van der Waals surface area contributed by atoms with Crippen molar-refractivity contribution in [1.29, 1.82) is 0 Å². The van der Waals surface area contributed by atoms with E-state index in [0.717, 1.165) is 23.3 Å². The molecule has 1 atom stereocenters. The second-order valence-electron chi connectivity index (χ2n) is 7.03. The topological polar surface area (TPSA) is 61.4 Å². The van der Waals surface area contributed by atoms with E-state index >= 15 is 0 Å². The minimum Gasteiger partial charge on any atom is -0.388 e. The lowest BCUT2D eigenvalue weighted by atomic mass is 9.84. The molecule has 1 fully saturated rings. The van der Waals surface area contributed by atoms with Gasteiger partial charge in [0.25, 0.3) is 0 Å². The fraction of sp³-hybridized carbons (Fsp3) is 0.450. The van der Waals surface area contributed by atoms with E-state index in [9.17, 15) is 9.90 Å². The van der Waals surface area contributed by atoms with E-state index in [2.05, 4.69) is 16.7 Å². The van der Waals surface area contributed by atoms with Crippen LogP contribution in [0.2, 0.25) is 5.02 Å². The number of urea groups is 1. The van der Waals surface area contributed by atoms with Crippen LogP contribution in [0.3, 0.4) is 0 Å². The van der Waals surface area contributed by atoms with Gasteiger partial charge in [0.2, 0.25) is 0 Å². The monoisotopic (exact) mass is 392 g/mol. The second-order valence-corrected chi connectivity index (χ2v) is 8.58. The molecule has 3 N–H and O–H groups in total. The highest BCUT2D eigenvalue weighted by Crippen LogP contribution is 2.44. The van der Waals surface area contributed by atoms with Crippen LogP contribution >= 0.6 is 22.9 Å². The van der Waals surface area contributed by atoms with Crippen LogP contribution in [0.25, 0.3) is 0 Å². The first-order valence-electron chi connectivity index (χ1n) is 9.03.